The Morgan fingerprint density at radius 1 is 1.16 bits per heavy atom. The van der Waals surface area contributed by atoms with Crippen molar-refractivity contribution < 1.29 is 18.6 Å². The van der Waals surface area contributed by atoms with Crippen LogP contribution in [0.25, 0.3) is 16.3 Å². The molecule has 0 spiro atoms. The van der Waals surface area contributed by atoms with Crippen molar-refractivity contribution in [2.24, 2.45) is 0 Å². The summed E-state index contributed by atoms with van der Waals surface area (Å²) >= 11 is 1.15. The van der Waals surface area contributed by atoms with Gasteiger partial charge in [0.25, 0.3) is 5.19 Å². The van der Waals surface area contributed by atoms with Crippen LogP contribution in [0.4, 0.5) is 8.78 Å². The molecule has 5 unspecified atom stereocenters. The molecule has 2 aromatic heterocycles. The summed E-state index contributed by atoms with van der Waals surface area (Å²) in [6.45, 7) is 1.89. The fourth-order valence-corrected chi connectivity index (χ4v) is 5.31. The maximum absolute atomic E-state index is 15.0. The second-order valence-electron chi connectivity index (χ2n) is 8.27. The molecule has 1 N–H and O–H groups in total. The highest BCUT2D eigenvalue weighted by molar-refractivity contribution is 7.16. The highest BCUT2D eigenvalue weighted by Crippen LogP contribution is 2.39. The summed E-state index contributed by atoms with van der Waals surface area (Å²) in [5.41, 5.74) is 2.11. The zero-order valence-electron chi connectivity index (χ0n) is 17.2. The first-order valence-electron chi connectivity index (χ1n) is 10.3. The van der Waals surface area contributed by atoms with Crippen LogP contribution >= 0.6 is 11.3 Å². The normalized spacial score (nSPS) is 28.6. The second-order valence-corrected chi connectivity index (χ2v) is 9.21. The predicted octanol–water partition coefficient (Wildman–Crippen LogP) is 3.69. The number of aromatic nitrogens is 4. The molecule has 2 fully saturated rings. The van der Waals surface area contributed by atoms with E-state index in [1.165, 1.54) is 0 Å². The number of benzene rings is 1. The Balaban J connectivity index is 1.33. The molecule has 1 aromatic carbocycles. The van der Waals surface area contributed by atoms with Gasteiger partial charge in [-0.25, -0.2) is 13.5 Å². The van der Waals surface area contributed by atoms with Crippen molar-refractivity contribution >= 4 is 11.3 Å². The molecule has 5 rings (SSSR count). The lowest BCUT2D eigenvalue weighted by Crippen LogP contribution is -2.61. The van der Waals surface area contributed by atoms with Crippen molar-refractivity contribution in [2.45, 2.75) is 56.7 Å². The van der Waals surface area contributed by atoms with Gasteiger partial charge in [-0.05, 0) is 45.0 Å². The Hall–Kier alpha value is -2.59. The number of rotatable bonds is 4. The molecule has 3 aromatic rings. The molecule has 2 aliphatic rings. The van der Waals surface area contributed by atoms with Crippen LogP contribution in [0.1, 0.15) is 25.0 Å². The maximum atomic E-state index is 15.0. The molecule has 2 aliphatic heterocycles. The van der Waals surface area contributed by atoms with Crippen molar-refractivity contribution in [1.29, 1.82) is 0 Å². The van der Waals surface area contributed by atoms with Gasteiger partial charge in [-0.3, -0.25) is 4.90 Å². The Morgan fingerprint density at radius 3 is 2.74 bits per heavy atom. The molecule has 10 heteroatoms. The van der Waals surface area contributed by atoms with Crippen LogP contribution in [-0.4, -0.2) is 67.6 Å². The van der Waals surface area contributed by atoms with Gasteiger partial charge in [-0.2, -0.15) is 5.10 Å². The number of alkyl halides is 2. The van der Waals surface area contributed by atoms with Gasteiger partial charge in [-0.1, -0.05) is 16.4 Å². The van der Waals surface area contributed by atoms with Gasteiger partial charge in [-0.15, -0.1) is 5.10 Å². The molecule has 4 heterocycles. The standard InChI is InChI=1S/C21H23F2N5O2S/c1-11-5-6-28(26-11)13-3-4-15(17(29)9-13)20-24-25-21(31-20)30-18-10-14-7-12(22)8-16(19(18)23)27(14)2/h3-6,9,12,14,16,18-19,29H,7-8,10H2,1-2H3. The molecule has 2 saturated heterocycles. The van der Waals surface area contributed by atoms with E-state index in [2.05, 4.69) is 15.3 Å². The molecule has 7 nitrogen and oxygen atoms in total. The van der Waals surface area contributed by atoms with E-state index in [1.807, 2.05) is 37.2 Å². The number of ether oxygens (including phenoxy) is 1. The molecule has 0 aliphatic carbocycles. The number of hydrogen-bond donors (Lipinski definition) is 1. The summed E-state index contributed by atoms with van der Waals surface area (Å²) in [5, 5.41) is 23.7. The average Bonchev–Trinajstić information content (AvgIpc) is 3.37. The third kappa shape index (κ3) is 3.78. The van der Waals surface area contributed by atoms with Gasteiger partial charge in [0, 0.05) is 30.8 Å². The van der Waals surface area contributed by atoms with Crippen LogP contribution in [0.15, 0.2) is 30.5 Å². The lowest BCUT2D eigenvalue weighted by molar-refractivity contribution is -0.0803. The largest absolute Gasteiger partial charge is 0.507 e. The first kappa shape index (κ1) is 20.3. The van der Waals surface area contributed by atoms with Gasteiger partial charge in [0.2, 0.25) is 0 Å². The average molecular weight is 448 g/mol. The maximum Gasteiger partial charge on any atom is 0.294 e. The zero-order chi connectivity index (χ0) is 21.7. The SMILES string of the molecule is Cc1ccn(-c2ccc(-c3nnc(OC4CC5CC(F)CC(C4F)N5C)s3)c(O)c2)n1. The number of fused-ring (bicyclic) bond motifs is 2. The summed E-state index contributed by atoms with van der Waals surface area (Å²) in [6.07, 6.45) is -0.128. The van der Waals surface area contributed by atoms with E-state index in [-0.39, 0.29) is 23.4 Å². The van der Waals surface area contributed by atoms with E-state index in [9.17, 15) is 9.50 Å². The summed E-state index contributed by atoms with van der Waals surface area (Å²) in [7, 11) is 1.85. The van der Waals surface area contributed by atoms with E-state index >= 15 is 4.39 Å². The lowest BCUT2D eigenvalue weighted by Gasteiger charge is -2.49. The number of piperidine rings is 2. The van der Waals surface area contributed by atoms with Crippen LogP contribution in [0.5, 0.6) is 10.9 Å². The minimum absolute atomic E-state index is 0.0411. The van der Waals surface area contributed by atoms with Crippen molar-refractivity contribution in [3.63, 3.8) is 0 Å². The van der Waals surface area contributed by atoms with Gasteiger partial charge in [0.05, 0.1) is 16.9 Å². The molecule has 0 saturated carbocycles. The summed E-state index contributed by atoms with van der Waals surface area (Å²) < 4.78 is 36.4. The van der Waals surface area contributed by atoms with Crippen LogP contribution in [0.3, 0.4) is 0 Å². The number of phenolic OH excluding ortho intramolecular Hbond substituents is 1. The molecule has 2 bridgehead atoms. The van der Waals surface area contributed by atoms with Crippen LogP contribution < -0.4 is 4.74 Å². The molecule has 164 valence electrons. The Kier molecular flexibility index (Phi) is 5.13. The zero-order valence-corrected chi connectivity index (χ0v) is 18.0. The first-order valence-corrected chi connectivity index (χ1v) is 11.1. The molecule has 0 amide bonds. The van der Waals surface area contributed by atoms with Crippen molar-refractivity contribution in [1.82, 2.24) is 24.9 Å². The van der Waals surface area contributed by atoms with Crippen molar-refractivity contribution in [3.8, 4) is 27.2 Å². The van der Waals surface area contributed by atoms with E-state index in [0.29, 0.717) is 23.4 Å². The molecule has 0 radical (unpaired) electrons. The van der Waals surface area contributed by atoms with E-state index in [1.54, 1.807) is 16.8 Å². The third-order valence-corrected chi connectivity index (χ3v) is 7.06. The van der Waals surface area contributed by atoms with Crippen molar-refractivity contribution in [2.75, 3.05) is 7.05 Å². The summed E-state index contributed by atoms with van der Waals surface area (Å²) in [4.78, 5) is 1.94. The fraction of sp³-hybridized carbons (Fsp3) is 0.476. The number of phenols is 1. The number of halogens is 2. The minimum atomic E-state index is -1.29. The lowest BCUT2D eigenvalue weighted by atomic mass is 9.81. The molecule has 5 atom stereocenters. The quantitative estimate of drug-likeness (QED) is 0.657. The van der Waals surface area contributed by atoms with Gasteiger partial charge < -0.3 is 9.84 Å². The number of hydrogen-bond acceptors (Lipinski definition) is 7. The third-order valence-electron chi connectivity index (χ3n) is 6.21. The predicted molar refractivity (Wildman–Crippen MR) is 112 cm³/mol. The van der Waals surface area contributed by atoms with E-state index in [0.717, 1.165) is 22.7 Å². The second kappa shape index (κ2) is 7.83. The van der Waals surface area contributed by atoms with E-state index < -0.39 is 24.5 Å². The molecule has 31 heavy (non-hydrogen) atoms. The number of aryl methyl sites for hydroxylation is 1. The van der Waals surface area contributed by atoms with Gasteiger partial charge in [0.15, 0.2) is 11.2 Å². The van der Waals surface area contributed by atoms with Crippen molar-refractivity contribution in [3.05, 3.63) is 36.2 Å². The van der Waals surface area contributed by atoms with Gasteiger partial charge in [0.1, 0.15) is 18.0 Å². The number of nitrogens with zero attached hydrogens (tertiary/aromatic N) is 5. The molecular formula is C21H23F2N5O2S. The van der Waals surface area contributed by atoms with Crippen LogP contribution in [0, 0.1) is 6.92 Å². The molecular weight excluding hydrogens is 424 g/mol. The smallest absolute Gasteiger partial charge is 0.294 e. The minimum Gasteiger partial charge on any atom is -0.507 e. The van der Waals surface area contributed by atoms with Crippen LogP contribution in [-0.2, 0) is 0 Å². The topological polar surface area (TPSA) is 76.3 Å². The van der Waals surface area contributed by atoms with Gasteiger partial charge >= 0.3 is 0 Å². The monoisotopic (exact) mass is 447 g/mol. The fourth-order valence-electron chi connectivity index (χ4n) is 4.53. The highest BCUT2D eigenvalue weighted by Gasteiger charge is 2.48. The van der Waals surface area contributed by atoms with Crippen LogP contribution in [0.2, 0.25) is 0 Å². The van der Waals surface area contributed by atoms with E-state index in [4.69, 9.17) is 4.74 Å². The first-order chi connectivity index (χ1) is 14.9. The summed E-state index contributed by atoms with van der Waals surface area (Å²) in [5.74, 6) is 0.0412. The Morgan fingerprint density at radius 2 is 2.00 bits per heavy atom. The number of aromatic hydroxyl groups is 1. The summed E-state index contributed by atoms with van der Waals surface area (Å²) in [6, 6.07) is 6.52. The highest BCUT2D eigenvalue weighted by atomic mass is 32.1. The Labute approximate surface area is 182 Å². The Bertz CT molecular complexity index is 1090.